The number of pyridine rings is 1. The van der Waals surface area contributed by atoms with E-state index in [2.05, 4.69) is 40.3 Å². The Kier molecular flexibility index (Phi) is 7.56. The zero-order valence-electron chi connectivity index (χ0n) is 21.3. The molecular formula is C26H32N6O3S. The first-order valence-corrected chi connectivity index (χ1v) is 12.3. The Morgan fingerprint density at radius 2 is 2.00 bits per heavy atom. The predicted molar refractivity (Wildman–Crippen MR) is 144 cm³/mol. The summed E-state index contributed by atoms with van der Waals surface area (Å²) in [4.78, 5) is 20.2. The van der Waals surface area contributed by atoms with Gasteiger partial charge in [0.05, 0.1) is 35.5 Å². The van der Waals surface area contributed by atoms with Crippen molar-refractivity contribution in [3.05, 3.63) is 81.4 Å². The van der Waals surface area contributed by atoms with Gasteiger partial charge < -0.3 is 24.4 Å². The number of nitrogens with one attached hydrogen (secondary N) is 1. The van der Waals surface area contributed by atoms with Crippen molar-refractivity contribution >= 4 is 23.0 Å². The number of thiocarbonyl (C=S) groups is 1. The van der Waals surface area contributed by atoms with Crippen LogP contribution >= 0.6 is 12.2 Å². The molecule has 36 heavy (non-hydrogen) atoms. The second kappa shape index (κ2) is 10.6. The van der Waals surface area contributed by atoms with Crippen LogP contribution in [0.5, 0.6) is 5.75 Å². The highest BCUT2D eigenvalue weighted by atomic mass is 32.1. The molecule has 1 aromatic carbocycles. The fourth-order valence-electron chi connectivity index (χ4n) is 4.97. The maximum absolute atomic E-state index is 11.5. The van der Waals surface area contributed by atoms with Crippen LogP contribution in [0.1, 0.15) is 41.1 Å². The maximum Gasteiger partial charge on any atom is 0.271 e. The van der Waals surface area contributed by atoms with Crippen molar-refractivity contribution in [2.75, 3.05) is 34.3 Å². The normalized spacial score (nSPS) is 17.5. The van der Waals surface area contributed by atoms with Gasteiger partial charge in [0, 0.05) is 36.3 Å². The van der Waals surface area contributed by atoms with Crippen LogP contribution in [0, 0.1) is 24.0 Å². The molecule has 1 fully saturated rings. The summed E-state index contributed by atoms with van der Waals surface area (Å²) in [7, 11) is 5.70. The van der Waals surface area contributed by atoms with Crippen LogP contribution in [-0.4, -0.2) is 63.7 Å². The van der Waals surface area contributed by atoms with E-state index in [1.54, 1.807) is 25.4 Å². The zero-order chi connectivity index (χ0) is 26.0. The number of hydrogen-bond donors (Lipinski definition) is 1. The van der Waals surface area contributed by atoms with Gasteiger partial charge >= 0.3 is 0 Å². The lowest BCUT2D eigenvalue weighted by atomic mass is 9.96. The van der Waals surface area contributed by atoms with Gasteiger partial charge in [0.1, 0.15) is 5.75 Å². The second-order valence-corrected chi connectivity index (χ2v) is 9.64. The van der Waals surface area contributed by atoms with Crippen molar-refractivity contribution in [1.82, 2.24) is 24.7 Å². The summed E-state index contributed by atoms with van der Waals surface area (Å²) >= 11 is 5.81. The number of ether oxygens (including phenoxy) is 1. The van der Waals surface area contributed by atoms with E-state index in [0.29, 0.717) is 16.5 Å². The van der Waals surface area contributed by atoms with E-state index in [1.807, 2.05) is 36.6 Å². The molecule has 1 aliphatic rings. The number of nitrogens with zero attached hydrogens (tertiary/aromatic N) is 5. The first-order valence-electron chi connectivity index (χ1n) is 11.9. The van der Waals surface area contributed by atoms with Gasteiger partial charge in [0.15, 0.2) is 5.11 Å². The van der Waals surface area contributed by atoms with Crippen molar-refractivity contribution in [1.29, 1.82) is 0 Å². The molecule has 0 unspecified atom stereocenters. The molecule has 1 saturated heterocycles. The molecule has 1 aliphatic heterocycles. The van der Waals surface area contributed by atoms with Crippen molar-refractivity contribution < 1.29 is 9.66 Å². The molecule has 10 heteroatoms. The summed E-state index contributed by atoms with van der Waals surface area (Å²) in [5.74, 6) is 0.568. The molecule has 9 nitrogen and oxygen atoms in total. The Bertz CT molecular complexity index is 1260. The number of nitro groups is 1. The standard InChI is InChI=1S/C26H32N6O3S/c1-17-15-20(18(2)31(17)22-16-19(32(33)34)10-11-23(22)35-5)25-24(21-9-6-7-12-27-21)28-26(36)30(25)14-8-13-29(3)4/h6-7,9-12,15-16,24-25H,8,13-14H2,1-5H3,(H,28,36)/t24-,25+/m1/s1. The van der Waals surface area contributed by atoms with Gasteiger partial charge in [-0.3, -0.25) is 15.1 Å². The molecule has 1 N–H and O–H groups in total. The van der Waals surface area contributed by atoms with E-state index in [0.717, 1.165) is 42.2 Å². The van der Waals surface area contributed by atoms with Gasteiger partial charge in [-0.15, -0.1) is 0 Å². The van der Waals surface area contributed by atoms with E-state index in [9.17, 15) is 10.1 Å². The second-order valence-electron chi connectivity index (χ2n) is 9.25. The number of hydrogen-bond acceptors (Lipinski definition) is 6. The molecule has 0 amide bonds. The van der Waals surface area contributed by atoms with Gasteiger partial charge in [-0.05, 0) is 83.0 Å². The summed E-state index contributed by atoms with van der Waals surface area (Å²) in [6, 6.07) is 12.5. The lowest BCUT2D eigenvalue weighted by molar-refractivity contribution is -0.384. The van der Waals surface area contributed by atoms with Crippen LogP contribution in [0.3, 0.4) is 0 Å². The smallest absolute Gasteiger partial charge is 0.271 e. The highest BCUT2D eigenvalue weighted by Crippen LogP contribution is 2.42. The fraction of sp³-hybridized carbons (Fsp3) is 0.385. The summed E-state index contributed by atoms with van der Waals surface area (Å²) in [5, 5.41) is 15.7. The predicted octanol–water partition coefficient (Wildman–Crippen LogP) is 4.33. The SMILES string of the molecule is COc1ccc([N+](=O)[O-])cc1-n1c(C)cc([C@H]2[C@@H](c3ccccn3)NC(=S)N2CCCN(C)C)c1C. The third-order valence-corrected chi connectivity index (χ3v) is 6.96. The van der Waals surface area contributed by atoms with E-state index in [1.165, 1.54) is 6.07 Å². The largest absolute Gasteiger partial charge is 0.495 e. The molecule has 3 heterocycles. The van der Waals surface area contributed by atoms with Crippen LogP contribution in [0.4, 0.5) is 5.69 Å². The first kappa shape index (κ1) is 25.6. The van der Waals surface area contributed by atoms with E-state index in [-0.39, 0.29) is 22.7 Å². The third-order valence-electron chi connectivity index (χ3n) is 6.61. The lowest BCUT2D eigenvalue weighted by Gasteiger charge is -2.28. The molecule has 0 radical (unpaired) electrons. The van der Waals surface area contributed by atoms with Gasteiger partial charge in [0.2, 0.25) is 0 Å². The quantitative estimate of drug-likeness (QED) is 0.260. The Morgan fingerprint density at radius 3 is 2.64 bits per heavy atom. The molecule has 190 valence electrons. The van der Waals surface area contributed by atoms with Crippen LogP contribution < -0.4 is 10.1 Å². The highest BCUT2D eigenvalue weighted by Gasteiger charge is 2.41. The molecule has 0 spiro atoms. The molecule has 0 aliphatic carbocycles. The molecular weight excluding hydrogens is 476 g/mol. The number of nitro benzene ring substituents is 1. The number of rotatable bonds is 9. The Balaban J connectivity index is 1.83. The number of aryl methyl sites for hydroxylation is 1. The monoisotopic (exact) mass is 508 g/mol. The van der Waals surface area contributed by atoms with Crippen molar-refractivity contribution in [2.24, 2.45) is 0 Å². The Morgan fingerprint density at radius 1 is 1.22 bits per heavy atom. The maximum atomic E-state index is 11.5. The number of methoxy groups -OCH3 is 1. The van der Waals surface area contributed by atoms with E-state index in [4.69, 9.17) is 17.0 Å². The zero-order valence-corrected chi connectivity index (χ0v) is 22.1. The Labute approximate surface area is 216 Å². The van der Waals surface area contributed by atoms with Crippen LogP contribution in [0.25, 0.3) is 5.69 Å². The third kappa shape index (κ3) is 4.91. The van der Waals surface area contributed by atoms with Crippen molar-refractivity contribution in [3.63, 3.8) is 0 Å². The minimum Gasteiger partial charge on any atom is -0.495 e. The molecule has 2 aromatic heterocycles. The van der Waals surface area contributed by atoms with Gasteiger partial charge in [-0.2, -0.15) is 0 Å². The molecule has 2 atom stereocenters. The van der Waals surface area contributed by atoms with E-state index >= 15 is 0 Å². The van der Waals surface area contributed by atoms with Crippen LogP contribution in [0.15, 0.2) is 48.7 Å². The molecule has 3 aromatic rings. The fourth-order valence-corrected chi connectivity index (χ4v) is 5.30. The van der Waals surface area contributed by atoms with E-state index < -0.39 is 0 Å². The van der Waals surface area contributed by atoms with Gasteiger partial charge in [-0.1, -0.05) is 6.07 Å². The van der Waals surface area contributed by atoms with Crippen molar-refractivity contribution in [3.8, 4) is 11.4 Å². The van der Waals surface area contributed by atoms with Crippen LogP contribution in [-0.2, 0) is 0 Å². The molecule has 0 saturated carbocycles. The first-order chi connectivity index (χ1) is 17.2. The average Bonchev–Trinajstić information content (AvgIpc) is 3.33. The van der Waals surface area contributed by atoms with Gasteiger partial charge in [0.25, 0.3) is 5.69 Å². The minimum absolute atomic E-state index is 0.0141. The summed E-state index contributed by atoms with van der Waals surface area (Å²) in [6.45, 7) is 5.78. The number of aromatic nitrogens is 2. The van der Waals surface area contributed by atoms with Crippen LogP contribution in [0.2, 0.25) is 0 Å². The summed E-state index contributed by atoms with van der Waals surface area (Å²) < 4.78 is 7.61. The lowest BCUT2D eigenvalue weighted by Crippen LogP contribution is -2.32. The Hall–Kier alpha value is -3.50. The summed E-state index contributed by atoms with van der Waals surface area (Å²) in [6.07, 6.45) is 2.75. The molecule has 4 rings (SSSR count). The molecule has 0 bridgehead atoms. The average molecular weight is 509 g/mol. The van der Waals surface area contributed by atoms with Gasteiger partial charge in [-0.25, -0.2) is 0 Å². The minimum atomic E-state index is -0.388. The highest BCUT2D eigenvalue weighted by molar-refractivity contribution is 7.80. The number of benzene rings is 1. The number of non-ortho nitro benzene ring substituents is 1. The van der Waals surface area contributed by atoms with Crippen molar-refractivity contribution in [2.45, 2.75) is 32.4 Å². The topological polar surface area (TPSA) is 88.7 Å². The summed E-state index contributed by atoms with van der Waals surface area (Å²) in [5.41, 5.74) is 4.58.